The minimum absolute atomic E-state index is 0.0376. The Bertz CT molecular complexity index is 788. The number of hydrogen-bond donors (Lipinski definition) is 3. The predicted octanol–water partition coefficient (Wildman–Crippen LogP) is 2.38. The summed E-state index contributed by atoms with van der Waals surface area (Å²) in [6, 6.07) is 12.3. The third kappa shape index (κ3) is 5.60. The van der Waals surface area contributed by atoms with E-state index in [1.165, 1.54) is 6.07 Å². The number of nitrogens with one attached hydrogen (secondary N) is 2. The Morgan fingerprint density at radius 1 is 1.08 bits per heavy atom. The molecule has 0 radical (unpaired) electrons. The van der Waals surface area contributed by atoms with E-state index in [0.29, 0.717) is 18.8 Å². The molecular formula is C20H25N3O3. The van der Waals surface area contributed by atoms with Crippen molar-refractivity contribution >= 4 is 17.5 Å². The maximum absolute atomic E-state index is 12.3. The number of nitrogens with zero attached hydrogens (tertiary/aromatic N) is 1. The van der Waals surface area contributed by atoms with Crippen LogP contribution in [0.2, 0.25) is 0 Å². The van der Waals surface area contributed by atoms with Gasteiger partial charge in [0.2, 0.25) is 5.91 Å². The number of rotatable bonds is 7. The summed E-state index contributed by atoms with van der Waals surface area (Å²) in [5.41, 5.74) is 2.78. The molecule has 6 heteroatoms. The molecule has 2 rings (SSSR count). The first-order valence-corrected chi connectivity index (χ1v) is 8.52. The molecule has 0 aliphatic carbocycles. The van der Waals surface area contributed by atoms with E-state index in [2.05, 4.69) is 10.6 Å². The maximum atomic E-state index is 12.3. The minimum atomic E-state index is -0.333. The number of anilines is 1. The summed E-state index contributed by atoms with van der Waals surface area (Å²) < 4.78 is 0. The molecule has 2 aromatic rings. The summed E-state index contributed by atoms with van der Waals surface area (Å²) >= 11 is 0. The lowest BCUT2D eigenvalue weighted by Crippen LogP contribution is -2.27. The fourth-order valence-corrected chi connectivity index (χ4v) is 2.51. The fourth-order valence-electron chi connectivity index (χ4n) is 2.51. The molecule has 0 saturated carbocycles. The van der Waals surface area contributed by atoms with Crippen LogP contribution in [0.1, 0.15) is 28.4 Å². The smallest absolute Gasteiger partial charge is 0.255 e. The Labute approximate surface area is 153 Å². The second-order valence-electron chi connectivity index (χ2n) is 6.37. The molecule has 0 aliphatic rings. The highest BCUT2D eigenvalue weighted by Gasteiger charge is 2.12. The van der Waals surface area contributed by atoms with Crippen molar-refractivity contribution in [3.63, 3.8) is 0 Å². The van der Waals surface area contributed by atoms with E-state index in [4.69, 9.17) is 0 Å². The molecule has 0 saturated heterocycles. The Kier molecular flexibility index (Phi) is 6.74. The summed E-state index contributed by atoms with van der Waals surface area (Å²) in [7, 11) is 3.66. The zero-order chi connectivity index (χ0) is 19.1. The van der Waals surface area contributed by atoms with E-state index in [1.54, 1.807) is 23.1 Å². The number of phenols is 1. The van der Waals surface area contributed by atoms with Crippen LogP contribution < -0.4 is 10.6 Å². The van der Waals surface area contributed by atoms with Gasteiger partial charge in [-0.3, -0.25) is 9.59 Å². The lowest BCUT2D eigenvalue weighted by molar-refractivity contribution is -0.116. The van der Waals surface area contributed by atoms with Crippen molar-refractivity contribution in [1.82, 2.24) is 10.2 Å². The highest BCUT2D eigenvalue weighted by Crippen LogP contribution is 2.19. The van der Waals surface area contributed by atoms with Crippen LogP contribution in [0.3, 0.4) is 0 Å². The average molecular weight is 355 g/mol. The van der Waals surface area contributed by atoms with Gasteiger partial charge in [0.15, 0.2) is 0 Å². The fraction of sp³-hybridized carbons (Fsp3) is 0.300. The second kappa shape index (κ2) is 9.01. The topological polar surface area (TPSA) is 81.7 Å². The third-order valence-corrected chi connectivity index (χ3v) is 3.84. The van der Waals surface area contributed by atoms with Crippen molar-refractivity contribution in [2.75, 3.05) is 26.0 Å². The molecule has 0 aromatic heterocycles. The largest absolute Gasteiger partial charge is 0.507 e. The maximum Gasteiger partial charge on any atom is 0.255 e. The van der Waals surface area contributed by atoms with E-state index in [0.717, 1.165) is 17.5 Å². The Morgan fingerprint density at radius 2 is 1.85 bits per heavy atom. The molecule has 2 aromatic carbocycles. The minimum Gasteiger partial charge on any atom is -0.507 e. The van der Waals surface area contributed by atoms with Crippen LogP contribution in [-0.2, 0) is 17.8 Å². The summed E-state index contributed by atoms with van der Waals surface area (Å²) in [5.74, 6) is -0.471. The molecule has 26 heavy (non-hydrogen) atoms. The molecular weight excluding hydrogens is 330 g/mol. The molecule has 3 N–H and O–H groups in total. The van der Waals surface area contributed by atoms with Gasteiger partial charge in [0.05, 0.1) is 12.1 Å². The van der Waals surface area contributed by atoms with Crippen LogP contribution >= 0.6 is 0 Å². The van der Waals surface area contributed by atoms with Crippen molar-refractivity contribution in [2.24, 2.45) is 0 Å². The highest BCUT2D eigenvalue weighted by atomic mass is 16.3. The van der Waals surface area contributed by atoms with Crippen LogP contribution in [0.4, 0.5) is 5.69 Å². The highest BCUT2D eigenvalue weighted by molar-refractivity contribution is 5.97. The molecule has 6 nitrogen and oxygen atoms in total. The molecule has 0 unspecified atom stereocenters. The summed E-state index contributed by atoms with van der Waals surface area (Å²) in [4.78, 5) is 26.0. The first-order chi connectivity index (χ1) is 12.4. The van der Waals surface area contributed by atoms with Gasteiger partial charge >= 0.3 is 0 Å². The quantitative estimate of drug-likeness (QED) is 0.712. The molecule has 0 bridgehead atoms. The SMILES string of the molecule is CCc1ccc(O)c(C(=O)NCc2cccc(NC(=O)CN(C)C)c2)c1. The van der Waals surface area contributed by atoms with Gasteiger partial charge in [-0.15, -0.1) is 0 Å². The van der Waals surface area contributed by atoms with E-state index in [1.807, 2.05) is 39.2 Å². The molecule has 138 valence electrons. The molecule has 0 atom stereocenters. The molecule has 0 spiro atoms. The zero-order valence-electron chi connectivity index (χ0n) is 15.4. The molecule has 0 fully saturated rings. The van der Waals surface area contributed by atoms with E-state index < -0.39 is 0 Å². The Balaban J connectivity index is 2.00. The summed E-state index contributed by atoms with van der Waals surface area (Å²) in [5, 5.41) is 15.5. The van der Waals surface area contributed by atoms with Gasteiger partial charge in [-0.05, 0) is 55.9 Å². The van der Waals surface area contributed by atoms with Crippen molar-refractivity contribution in [3.05, 3.63) is 59.2 Å². The monoisotopic (exact) mass is 355 g/mol. The Hall–Kier alpha value is -2.86. The van der Waals surface area contributed by atoms with Crippen molar-refractivity contribution in [1.29, 1.82) is 0 Å². The lowest BCUT2D eigenvalue weighted by Gasteiger charge is -2.12. The van der Waals surface area contributed by atoms with Crippen molar-refractivity contribution < 1.29 is 14.7 Å². The van der Waals surface area contributed by atoms with Gasteiger partial charge in [0, 0.05) is 12.2 Å². The number of aromatic hydroxyl groups is 1. The lowest BCUT2D eigenvalue weighted by atomic mass is 10.1. The van der Waals surface area contributed by atoms with Gasteiger partial charge in [0.25, 0.3) is 5.91 Å². The third-order valence-electron chi connectivity index (χ3n) is 3.84. The summed E-state index contributed by atoms with van der Waals surface area (Å²) in [6.07, 6.45) is 0.787. The van der Waals surface area contributed by atoms with Gasteiger partial charge in [-0.25, -0.2) is 0 Å². The standard InChI is InChI=1S/C20H25N3O3/c1-4-14-8-9-18(24)17(11-14)20(26)21-12-15-6-5-7-16(10-15)22-19(25)13-23(2)3/h5-11,24H,4,12-13H2,1-3H3,(H,21,26)(H,22,25). The number of hydrogen-bond acceptors (Lipinski definition) is 4. The van der Waals surface area contributed by atoms with Crippen LogP contribution in [0.15, 0.2) is 42.5 Å². The zero-order valence-corrected chi connectivity index (χ0v) is 15.4. The van der Waals surface area contributed by atoms with E-state index in [-0.39, 0.29) is 23.1 Å². The molecule has 2 amide bonds. The average Bonchev–Trinajstić information content (AvgIpc) is 2.59. The number of carbonyl (C=O) groups excluding carboxylic acids is 2. The van der Waals surface area contributed by atoms with Gasteiger partial charge in [0.1, 0.15) is 5.75 Å². The van der Waals surface area contributed by atoms with Gasteiger partial charge in [-0.2, -0.15) is 0 Å². The van der Waals surface area contributed by atoms with Crippen LogP contribution in [-0.4, -0.2) is 42.5 Å². The normalized spacial score (nSPS) is 10.6. The molecule has 0 heterocycles. The Morgan fingerprint density at radius 3 is 2.54 bits per heavy atom. The number of phenolic OH excluding ortho intramolecular Hbond substituents is 1. The number of aryl methyl sites for hydroxylation is 1. The van der Waals surface area contributed by atoms with Crippen molar-refractivity contribution in [3.8, 4) is 5.75 Å². The number of likely N-dealkylation sites (N-methyl/N-ethyl adjacent to an activating group) is 1. The van der Waals surface area contributed by atoms with Crippen LogP contribution in [0, 0.1) is 0 Å². The second-order valence-corrected chi connectivity index (χ2v) is 6.37. The first kappa shape index (κ1) is 19.5. The van der Waals surface area contributed by atoms with Gasteiger partial charge in [-0.1, -0.05) is 25.1 Å². The van der Waals surface area contributed by atoms with Crippen molar-refractivity contribution in [2.45, 2.75) is 19.9 Å². The first-order valence-electron chi connectivity index (χ1n) is 8.52. The van der Waals surface area contributed by atoms with Crippen LogP contribution in [0.25, 0.3) is 0 Å². The van der Waals surface area contributed by atoms with E-state index >= 15 is 0 Å². The predicted molar refractivity (Wildman–Crippen MR) is 102 cm³/mol. The number of carbonyl (C=O) groups is 2. The number of amides is 2. The number of benzene rings is 2. The van der Waals surface area contributed by atoms with Crippen LogP contribution in [0.5, 0.6) is 5.75 Å². The van der Waals surface area contributed by atoms with Gasteiger partial charge < -0.3 is 20.6 Å². The molecule has 0 aliphatic heterocycles. The summed E-state index contributed by atoms with van der Waals surface area (Å²) in [6.45, 7) is 2.59. The van der Waals surface area contributed by atoms with E-state index in [9.17, 15) is 14.7 Å².